The number of aromatic nitrogens is 1. The lowest BCUT2D eigenvalue weighted by Gasteiger charge is -2.32. The standard InChI is InChI=1S/C16H22FNO/c1-2-16(19,15-6-5-14(17)10-18-15)9-13-8-11-3-4-12(13)7-11/h5-6,10-13,19H,2-4,7-9H2,1H3. The molecule has 0 spiro atoms. The maximum absolute atomic E-state index is 13.0. The second-order valence-electron chi connectivity index (χ2n) is 6.39. The number of halogens is 1. The molecule has 3 rings (SSSR count). The third-order valence-corrected chi connectivity index (χ3v) is 5.27. The zero-order valence-electron chi connectivity index (χ0n) is 11.5. The molecule has 0 aliphatic heterocycles. The van der Waals surface area contributed by atoms with Crippen LogP contribution in [0.4, 0.5) is 4.39 Å². The predicted molar refractivity (Wildman–Crippen MR) is 71.9 cm³/mol. The fourth-order valence-corrected chi connectivity index (χ4v) is 4.14. The first kappa shape index (κ1) is 13.0. The van der Waals surface area contributed by atoms with E-state index in [2.05, 4.69) is 4.98 Å². The number of aliphatic hydroxyl groups is 1. The average Bonchev–Trinajstić information content (AvgIpc) is 3.01. The van der Waals surface area contributed by atoms with Crippen molar-refractivity contribution in [2.24, 2.45) is 17.8 Å². The molecule has 1 aromatic heterocycles. The first-order valence-electron chi connectivity index (χ1n) is 7.45. The molecule has 2 nitrogen and oxygen atoms in total. The van der Waals surface area contributed by atoms with E-state index >= 15 is 0 Å². The van der Waals surface area contributed by atoms with Crippen LogP contribution in [0.2, 0.25) is 0 Å². The van der Waals surface area contributed by atoms with Gasteiger partial charge in [0.25, 0.3) is 0 Å². The van der Waals surface area contributed by atoms with Crippen LogP contribution < -0.4 is 0 Å². The first-order valence-corrected chi connectivity index (χ1v) is 7.45. The number of nitrogens with zero attached hydrogens (tertiary/aromatic N) is 1. The summed E-state index contributed by atoms with van der Waals surface area (Å²) in [5, 5.41) is 10.9. The van der Waals surface area contributed by atoms with Gasteiger partial charge in [-0.15, -0.1) is 0 Å². The fourth-order valence-electron chi connectivity index (χ4n) is 4.14. The Morgan fingerprint density at radius 2 is 2.21 bits per heavy atom. The van der Waals surface area contributed by atoms with Crippen LogP contribution in [-0.4, -0.2) is 10.1 Å². The maximum Gasteiger partial charge on any atom is 0.141 e. The van der Waals surface area contributed by atoms with Crippen molar-refractivity contribution >= 4 is 0 Å². The SMILES string of the molecule is CCC(O)(CC1CC2CCC1C2)c1ccc(F)cn1. The van der Waals surface area contributed by atoms with Crippen LogP contribution in [0, 0.1) is 23.6 Å². The minimum Gasteiger partial charge on any atom is -0.384 e. The van der Waals surface area contributed by atoms with Crippen LogP contribution >= 0.6 is 0 Å². The Labute approximate surface area is 114 Å². The Hall–Kier alpha value is -0.960. The molecule has 1 N–H and O–H groups in total. The van der Waals surface area contributed by atoms with Gasteiger partial charge >= 0.3 is 0 Å². The van der Waals surface area contributed by atoms with Crippen LogP contribution in [0.1, 0.15) is 51.1 Å². The van der Waals surface area contributed by atoms with Crippen LogP contribution in [0.15, 0.2) is 18.3 Å². The quantitative estimate of drug-likeness (QED) is 0.899. The van der Waals surface area contributed by atoms with Gasteiger partial charge < -0.3 is 5.11 Å². The van der Waals surface area contributed by atoms with E-state index in [1.807, 2.05) is 6.92 Å². The lowest BCUT2D eigenvalue weighted by atomic mass is 9.78. The Morgan fingerprint density at radius 3 is 2.74 bits per heavy atom. The lowest BCUT2D eigenvalue weighted by molar-refractivity contribution is -0.00527. The number of pyridine rings is 1. The third-order valence-electron chi connectivity index (χ3n) is 5.27. The van der Waals surface area contributed by atoms with Crippen molar-refractivity contribution in [1.82, 2.24) is 4.98 Å². The Kier molecular flexibility index (Phi) is 3.34. The van der Waals surface area contributed by atoms with Gasteiger partial charge in [-0.05, 0) is 62.0 Å². The van der Waals surface area contributed by atoms with E-state index in [4.69, 9.17) is 0 Å². The average molecular weight is 263 g/mol. The molecule has 4 atom stereocenters. The zero-order valence-corrected chi connectivity index (χ0v) is 11.5. The summed E-state index contributed by atoms with van der Waals surface area (Å²) in [5.74, 6) is 1.96. The molecule has 2 saturated carbocycles. The monoisotopic (exact) mass is 263 g/mol. The summed E-state index contributed by atoms with van der Waals surface area (Å²) in [7, 11) is 0. The molecule has 2 aliphatic carbocycles. The van der Waals surface area contributed by atoms with E-state index in [9.17, 15) is 9.50 Å². The normalized spacial score (nSPS) is 32.5. The zero-order chi connectivity index (χ0) is 13.5. The van der Waals surface area contributed by atoms with Crippen molar-refractivity contribution < 1.29 is 9.50 Å². The Bertz CT molecular complexity index is 447. The van der Waals surface area contributed by atoms with E-state index in [-0.39, 0.29) is 5.82 Å². The highest BCUT2D eigenvalue weighted by Gasteiger charge is 2.43. The van der Waals surface area contributed by atoms with Gasteiger partial charge in [-0.3, -0.25) is 4.98 Å². The van der Waals surface area contributed by atoms with Gasteiger partial charge in [0.05, 0.1) is 11.9 Å². The van der Waals surface area contributed by atoms with Crippen molar-refractivity contribution in [2.45, 2.75) is 51.0 Å². The summed E-state index contributed by atoms with van der Waals surface area (Å²) in [5.41, 5.74) is -0.262. The molecule has 104 valence electrons. The van der Waals surface area contributed by atoms with Gasteiger partial charge in [-0.25, -0.2) is 4.39 Å². The minimum absolute atomic E-state index is 0.345. The van der Waals surface area contributed by atoms with Gasteiger partial charge in [-0.1, -0.05) is 13.3 Å². The summed E-state index contributed by atoms with van der Waals surface area (Å²) in [6, 6.07) is 3.02. The molecule has 0 aromatic carbocycles. The molecule has 4 unspecified atom stereocenters. The van der Waals surface area contributed by atoms with E-state index in [1.165, 1.54) is 37.9 Å². The molecular weight excluding hydrogens is 241 g/mol. The third kappa shape index (κ3) is 2.40. The highest BCUT2D eigenvalue weighted by molar-refractivity contribution is 5.14. The van der Waals surface area contributed by atoms with Crippen molar-refractivity contribution in [3.63, 3.8) is 0 Å². The Balaban J connectivity index is 1.77. The van der Waals surface area contributed by atoms with Crippen molar-refractivity contribution in [1.29, 1.82) is 0 Å². The minimum atomic E-state index is -0.886. The molecule has 1 heterocycles. The molecule has 2 bridgehead atoms. The molecule has 0 amide bonds. The molecule has 0 radical (unpaired) electrons. The smallest absolute Gasteiger partial charge is 0.141 e. The van der Waals surface area contributed by atoms with Crippen molar-refractivity contribution in [3.8, 4) is 0 Å². The number of rotatable bonds is 4. The second kappa shape index (κ2) is 4.86. The molecule has 2 fully saturated rings. The first-order chi connectivity index (χ1) is 9.10. The molecule has 1 aromatic rings. The maximum atomic E-state index is 13.0. The van der Waals surface area contributed by atoms with Crippen molar-refractivity contribution in [2.75, 3.05) is 0 Å². The highest BCUT2D eigenvalue weighted by atomic mass is 19.1. The fraction of sp³-hybridized carbons (Fsp3) is 0.688. The van der Waals surface area contributed by atoms with Crippen molar-refractivity contribution in [3.05, 3.63) is 29.8 Å². The molecular formula is C16H22FNO. The largest absolute Gasteiger partial charge is 0.384 e. The van der Waals surface area contributed by atoms with Gasteiger partial charge in [0.2, 0.25) is 0 Å². The summed E-state index contributed by atoms with van der Waals surface area (Å²) in [6.07, 6.45) is 7.93. The molecule has 0 saturated heterocycles. The van der Waals surface area contributed by atoms with E-state index in [1.54, 1.807) is 6.07 Å². The van der Waals surface area contributed by atoms with E-state index in [0.717, 1.165) is 18.3 Å². The highest BCUT2D eigenvalue weighted by Crippen LogP contribution is 2.52. The summed E-state index contributed by atoms with van der Waals surface area (Å²) in [4.78, 5) is 4.10. The van der Waals surface area contributed by atoms with Gasteiger partial charge in [0.1, 0.15) is 11.4 Å². The van der Waals surface area contributed by atoms with Gasteiger partial charge in [0, 0.05) is 0 Å². The number of fused-ring (bicyclic) bond motifs is 2. The van der Waals surface area contributed by atoms with Gasteiger partial charge in [-0.2, -0.15) is 0 Å². The number of hydrogen-bond donors (Lipinski definition) is 1. The van der Waals surface area contributed by atoms with Crippen LogP contribution in [0.3, 0.4) is 0 Å². The topological polar surface area (TPSA) is 33.1 Å². The summed E-state index contributed by atoms with van der Waals surface area (Å²) >= 11 is 0. The number of hydrogen-bond acceptors (Lipinski definition) is 2. The molecule has 2 aliphatic rings. The van der Waals surface area contributed by atoms with Crippen LogP contribution in [-0.2, 0) is 5.60 Å². The second-order valence-corrected chi connectivity index (χ2v) is 6.39. The van der Waals surface area contributed by atoms with Crippen LogP contribution in [0.25, 0.3) is 0 Å². The Morgan fingerprint density at radius 1 is 1.37 bits per heavy atom. The lowest BCUT2D eigenvalue weighted by Crippen LogP contribution is -2.31. The van der Waals surface area contributed by atoms with E-state index in [0.29, 0.717) is 18.0 Å². The van der Waals surface area contributed by atoms with Gasteiger partial charge in [0.15, 0.2) is 0 Å². The predicted octanol–water partition coefficient (Wildman–Crippen LogP) is 3.64. The van der Waals surface area contributed by atoms with E-state index < -0.39 is 5.60 Å². The summed E-state index contributed by atoms with van der Waals surface area (Å²) < 4.78 is 13.0. The summed E-state index contributed by atoms with van der Waals surface area (Å²) in [6.45, 7) is 1.98. The molecule has 19 heavy (non-hydrogen) atoms. The van der Waals surface area contributed by atoms with Crippen LogP contribution in [0.5, 0.6) is 0 Å². The molecule has 3 heteroatoms.